The molecular formula is C28H22FN7O. The van der Waals surface area contributed by atoms with Gasteiger partial charge < -0.3 is 15.4 Å². The molecule has 0 radical (unpaired) electrons. The van der Waals surface area contributed by atoms with E-state index in [1.807, 2.05) is 24.3 Å². The number of hydrogen-bond donors (Lipinski definition) is 4. The quantitative estimate of drug-likeness (QED) is 0.228. The van der Waals surface area contributed by atoms with Crippen molar-refractivity contribution in [1.82, 2.24) is 30.1 Å². The smallest absolute Gasteiger partial charge is 0.127 e. The van der Waals surface area contributed by atoms with Crippen molar-refractivity contribution in [3.63, 3.8) is 0 Å². The van der Waals surface area contributed by atoms with Gasteiger partial charge in [0.15, 0.2) is 0 Å². The molecule has 182 valence electrons. The van der Waals surface area contributed by atoms with Crippen LogP contribution < -0.4 is 5.32 Å². The molecule has 0 bridgehead atoms. The molecule has 1 fully saturated rings. The van der Waals surface area contributed by atoms with Crippen molar-refractivity contribution in [3.8, 4) is 33.9 Å². The fraction of sp³-hybridized carbons (Fsp3) is 0.143. The highest BCUT2D eigenvalue weighted by Gasteiger charge is 2.29. The van der Waals surface area contributed by atoms with E-state index in [2.05, 4.69) is 35.5 Å². The summed E-state index contributed by atoms with van der Waals surface area (Å²) in [4.78, 5) is 16.9. The molecule has 8 nitrogen and oxygen atoms in total. The summed E-state index contributed by atoms with van der Waals surface area (Å²) >= 11 is 0. The molecule has 5 aromatic heterocycles. The van der Waals surface area contributed by atoms with Gasteiger partial charge in [-0.15, -0.1) is 0 Å². The van der Waals surface area contributed by atoms with Crippen molar-refractivity contribution in [1.29, 1.82) is 0 Å². The van der Waals surface area contributed by atoms with Crippen LogP contribution in [0.25, 0.3) is 55.7 Å². The maximum atomic E-state index is 13.5. The molecule has 1 aliphatic carbocycles. The third kappa shape index (κ3) is 3.99. The third-order valence-corrected chi connectivity index (χ3v) is 6.79. The molecule has 1 unspecified atom stereocenters. The minimum atomic E-state index is -0.565. The van der Waals surface area contributed by atoms with E-state index < -0.39 is 6.23 Å². The van der Waals surface area contributed by atoms with E-state index in [1.165, 1.54) is 12.1 Å². The van der Waals surface area contributed by atoms with E-state index in [-0.39, 0.29) is 5.82 Å². The molecule has 0 saturated heterocycles. The number of aliphatic hydroxyl groups excluding tert-OH is 1. The molecule has 1 aliphatic rings. The highest BCUT2D eigenvalue weighted by molar-refractivity contribution is 6.00. The van der Waals surface area contributed by atoms with Gasteiger partial charge in [-0.2, -0.15) is 5.10 Å². The summed E-state index contributed by atoms with van der Waals surface area (Å²) in [7, 11) is 0. The standard InChI is InChI=1S/C28H22FN7O/c29-18-5-3-15(4-6-18)26-20-11-24(34-22(20)7-8-31-26)27-21-10-23(32-14-25(21)35-36-27)17-9-19(13-30-12-17)33-28(37)16-1-2-16/h3-14,16,28,33-34,37H,1-2H2,(H,35,36). The average Bonchev–Trinajstić information content (AvgIpc) is 3.55. The number of aliphatic hydroxyl groups is 1. The Morgan fingerprint density at radius 3 is 2.57 bits per heavy atom. The number of aromatic nitrogens is 6. The fourth-order valence-electron chi connectivity index (χ4n) is 4.66. The first kappa shape index (κ1) is 21.6. The highest BCUT2D eigenvalue weighted by Crippen LogP contribution is 2.35. The molecule has 37 heavy (non-hydrogen) atoms. The van der Waals surface area contributed by atoms with Crippen LogP contribution in [0, 0.1) is 11.7 Å². The summed E-state index contributed by atoms with van der Waals surface area (Å²) in [5.41, 5.74) is 7.24. The number of halogens is 1. The first-order valence-electron chi connectivity index (χ1n) is 12.1. The number of rotatable bonds is 6. The van der Waals surface area contributed by atoms with Crippen LogP contribution in [-0.4, -0.2) is 41.5 Å². The maximum absolute atomic E-state index is 13.5. The maximum Gasteiger partial charge on any atom is 0.127 e. The molecule has 1 aromatic carbocycles. The molecule has 5 heterocycles. The van der Waals surface area contributed by atoms with E-state index in [0.717, 1.165) is 74.2 Å². The van der Waals surface area contributed by atoms with Crippen molar-refractivity contribution in [2.75, 3.05) is 5.32 Å². The van der Waals surface area contributed by atoms with Crippen LogP contribution in [0.3, 0.4) is 0 Å². The van der Waals surface area contributed by atoms with Crippen LogP contribution in [0.4, 0.5) is 10.1 Å². The summed E-state index contributed by atoms with van der Waals surface area (Å²) < 4.78 is 13.5. The normalized spacial score (nSPS) is 14.3. The summed E-state index contributed by atoms with van der Waals surface area (Å²) in [6.45, 7) is 0. The van der Waals surface area contributed by atoms with Crippen molar-refractivity contribution >= 4 is 27.5 Å². The van der Waals surface area contributed by atoms with E-state index in [0.29, 0.717) is 5.92 Å². The lowest BCUT2D eigenvalue weighted by Crippen LogP contribution is -2.20. The topological polar surface area (TPSA) is 115 Å². The number of pyridine rings is 3. The largest absolute Gasteiger partial charge is 0.374 e. The molecule has 9 heteroatoms. The molecule has 1 atom stereocenters. The number of aromatic amines is 2. The van der Waals surface area contributed by atoms with Crippen LogP contribution in [0.2, 0.25) is 0 Å². The van der Waals surface area contributed by atoms with Crippen molar-refractivity contribution < 1.29 is 9.50 Å². The number of anilines is 1. The molecule has 4 N–H and O–H groups in total. The summed E-state index contributed by atoms with van der Waals surface area (Å²) in [6.07, 6.45) is 8.47. The van der Waals surface area contributed by atoms with E-state index >= 15 is 0 Å². The van der Waals surface area contributed by atoms with Crippen LogP contribution >= 0.6 is 0 Å². The van der Waals surface area contributed by atoms with Gasteiger partial charge in [-0.1, -0.05) is 0 Å². The van der Waals surface area contributed by atoms with Crippen molar-refractivity contribution in [2.24, 2.45) is 5.92 Å². The number of hydrogen-bond acceptors (Lipinski definition) is 6. The monoisotopic (exact) mass is 491 g/mol. The number of nitrogens with one attached hydrogen (secondary N) is 3. The zero-order valence-corrected chi connectivity index (χ0v) is 19.6. The van der Waals surface area contributed by atoms with E-state index in [9.17, 15) is 9.50 Å². The molecule has 0 spiro atoms. The van der Waals surface area contributed by atoms with Crippen LogP contribution in [-0.2, 0) is 0 Å². The molecular weight excluding hydrogens is 469 g/mol. The first-order chi connectivity index (χ1) is 18.1. The lowest BCUT2D eigenvalue weighted by Gasteiger charge is -2.13. The van der Waals surface area contributed by atoms with Crippen LogP contribution in [0.1, 0.15) is 12.8 Å². The summed E-state index contributed by atoms with van der Waals surface area (Å²) in [6, 6.07) is 14.2. The van der Waals surface area contributed by atoms with Crippen molar-refractivity contribution in [3.05, 3.63) is 79.1 Å². The Bertz CT molecular complexity index is 1750. The Hall–Kier alpha value is -4.63. The summed E-state index contributed by atoms with van der Waals surface area (Å²) in [5, 5.41) is 22.9. The van der Waals surface area contributed by atoms with Gasteiger partial charge in [-0.05, 0) is 61.4 Å². The SMILES string of the molecule is OC(Nc1cncc(-c2cc3c(-c4cc5c(-c6ccc(F)cc6)nccc5[nH]4)n[nH]c3cn2)c1)C1CC1. The summed E-state index contributed by atoms with van der Waals surface area (Å²) in [5.74, 6) is 0.0235. The number of H-pyrrole nitrogens is 2. The molecule has 7 rings (SSSR count). The predicted octanol–water partition coefficient (Wildman–Crippen LogP) is 5.51. The number of fused-ring (bicyclic) bond motifs is 2. The Balaban J connectivity index is 1.27. The molecule has 0 amide bonds. The van der Waals surface area contributed by atoms with Gasteiger partial charge in [-0.25, -0.2) is 4.39 Å². The average molecular weight is 492 g/mol. The van der Waals surface area contributed by atoms with Gasteiger partial charge in [0.25, 0.3) is 0 Å². The van der Waals surface area contributed by atoms with E-state index in [4.69, 9.17) is 0 Å². The fourth-order valence-corrected chi connectivity index (χ4v) is 4.66. The van der Waals surface area contributed by atoms with Crippen molar-refractivity contribution in [2.45, 2.75) is 19.1 Å². The first-order valence-corrected chi connectivity index (χ1v) is 12.1. The van der Waals surface area contributed by atoms with Crippen LogP contribution in [0.5, 0.6) is 0 Å². The molecule has 1 saturated carbocycles. The lowest BCUT2D eigenvalue weighted by atomic mass is 10.1. The predicted molar refractivity (Wildman–Crippen MR) is 140 cm³/mol. The number of benzene rings is 1. The van der Waals surface area contributed by atoms with E-state index in [1.54, 1.807) is 36.9 Å². The second-order valence-electron chi connectivity index (χ2n) is 9.39. The molecule has 0 aliphatic heterocycles. The Morgan fingerprint density at radius 2 is 1.73 bits per heavy atom. The third-order valence-electron chi connectivity index (χ3n) is 6.79. The second kappa shape index (κ2) is 8.49. The Kier molecular flexibility index (Phi) is 4.97. The van der Waals surface area contributed by atoms with Gasteiger partial charge in [0.2, 0.25) is 0 Å². The minimum Gasteiger partial charge on any atom is -0.374 e. The molecule has 6 aromatic rings. The highest BCUT2D eigenvalue weighted by atomic mass is 19.1. The number of nitrogens with zero attached hydrogens (tertiary/aromatic N) is 4. The van der Waals surface area contributed by atoms with Gasteiger partial charge in [0.1, 0.15) is 17.7 Å². The van der Waals surface area contributed by atoms with Gasteiger partial charge in [-0.3, -0.25) is 20.1 Å². The second-order valence-corrected chi connectivity index (χ2v) is 9.39. The van der Waals surface area contributed by atoms with Gasteiger partial charge in [0, 0.05) is 45.7 Å². The van der Waals surface area contributed by atoms with Crippen LogP contribution in [0.15, 0.2) is 73.3 Å². The zero-order chi connectivity index (χ0) is 24.9. The van der Waals surface area contributed by atoms with Gasteiger partial charge >= 0.3 is 0 Å². The minimum absolute atomic E-state index is 0.284. The Labute approximate surface area is 210 Å². The zero-order valence-electron chi connectivity index (χ0n) is 19.6. The Morgan fingerprint density at radius 1 is 0.892 bits per heavy atom. The van der Waals surface area contributed by atoms with Gasteiger partial charge in [0.05, 0.1) is 40.7 Å². The lowest BCUT2D eigenvalue weighted by molar-refractivity contribution is 0.180.